The maximum Gasteiger partial charge on any atom is 0.338 e. The van der Waals surface area contributed by atoms with E-state index < -0.39 is 0 Å². The van der Waals surface area contributed by atoms with Gasteiger partial charge in [0.2, 0.25) is 0 Å². The van der Waals surface area contributed by atoms with Gasteiger partial charge in [-0.1, -0.05) is 30.3 Å². The molecule has 2 rings (SSSR count). The van der Waals surface area contributed by atoms with Crippen molar-refractivity contribution in [2.24, 2.45) is 0 Å². The summed E-state index contributed by atoms with van der Waals surface area (Å²) in [4.78, 5) is 14.5. The van der Waals surface area contributed by atoms with Crippen molar-refractivity contribution in [1.82, 2.24) is 4.90 Å². The van der Waals surface area contributed by atoms with Crippen molar-refractivity contribution in [3.63, 3.8) is 0 Å². The lowest BCUT2D eigenvalue weighted by molar-refractivity contribution is 0.0498. The third kappa shape index (κ3) is 7.17. The molecule has 0 saturated carbocycles. The van der Waals surface area contributed by atoms with Gasteiger partial charge in [0.25, 0.3) is 0 Å². The highest BCUT2D eigenvalue weighted by Crippen LogP contribution is 2.27. The second-order valence-electron chi connectivity index (χ2n) is 6.57. The molecule has 0 aliphatic carbocycles. The van der Waals surface area contributed by atoms with E-state index in [9.17, 15) is 4.79 Å². The van der Waals surface area contributed by atoms with Crippen molar-refractivity contribution in [1.29, 1.82) is 0 Å². The number of alkyl halides is 1. The molecule has 6 heteroatoms. The third-order valence-electron chi connectivity index (χ3n) is 4.20. The second-order valence-corrected chi connectivity index (χ2v) is 7.81. The average molecular weight is 454 g/mol. The fourth-order valence-corrected chi connectivity index (χ4v) is 3.48. The number of nitrogens with zero attached hydrogens (tertiary/aromatic N) is 1. The first-order valence-corrected chi connectivity index (χ1v) is 10.4. The number of nitrogens with two attached hydrogens (primary N) is 1. The summed E-state index contributed by atoms with van der Waals surface area (Å²) >= 11 is 9.11. The Balaban J connectivity index is 2.00. The van der Waals surface area contributed by atoms with Gasteiger partial charge < -0.3 is 10.5 Å². The van der Waals surface area contributed by atoms with Crippen LogP contribution in [0.1, 0.15) is 40.7 Å². The van der Waals surface area contributed by atoms with Gasteiger partial charge in [-0.15, -0.1) is 11.6 Å². The lowest BCUT2D eigenvalue weighted by Gasteiger charge is -2.19. The van der Waals surface area contributed by atoms with E-state index in [0.717, 1.165) is 31.4 Å². The summed E-state index contributed by atoms with van der Waals surface area (Å²) in [6.07, 6.45) is 2.71. The van der Waals surface area contributed by atoms with Gasteiger partial charge in [-0.25, -0.2) is 4.79 Å². The van der Waals surface area contributed by atoms with E-state index in [4.69, 9.17) is 22.1 Å². The van der Waals surface area contributed by atoms with Crippen molar-refractivity contribution in [3.8, 4) is 0 Å². The Morgan fingerprint density at radius 3 is 2.59 bits per heavy atom. The Kier molecular flexibility index (Phi) is 9.11. The Morgan fingerprint density at radius 2 is 1.89 bits per heavy atom. The monoisotopic (exact) mass is 452 g/mol. The van der Waals surface area contributed by atoms with E-state index >= 15 is 0 Å². The molecule has 0 radical (unpaired) electrons. The summed E-state index contributed by atoms with van der Waals surface area (Å²) in [6.45, 7) is 1.84. The van der Waals surface area contributed by atoms with Crippen molar-refractivity contribution >= 4 is 39.2 Å². The molecule has 0 saturated heterocycles. The summed E-state index contributed by atoms with van der Waals surface area (Å²) in [6, 6.07) is 13.8. The zero-order valence-electron chi connectivity index (χ0n) is 15.6. The van der Waals surface area contributed by atoms with Crippen LogP contribution in [0.25, 0.3) is 0 Å². The van der Waals surface area contributed by atoms with Gasteiger partial charge in [0.1, 0.15) is 0 Å². The minimum atomic E-state index is -0.325. The van der Waals surface area contributed by atoms with Crippen LogP contribution >= 0.6 is 27.5 Å². The Labute approximate surface area is 174 Å². The van der Waals surface area contributed by atoms with Crippen molar-refractivity contribution < 1.29 is 9.53 Å². The molecule has 0 aliphatic rings. The molecule has 4 nitrogen and oxygen atoms in total. The molecular weight excluding hydrogens is 428 g/mol. The summed E-state index contributed by atoms with van der Waals surface area (Å²) in [5.41, 5.74) is 9.49. The maximum atomic E-state index is 12.3. The van der Waals surface area contributed by atoms with Crippen molar-refractivity contribution in [2.75, 3.05) is 25.3 Å². The summed E-state index contributed by atoms with van der Waals surface area (Å²) < 4.78 is 6.08. The number of halogens is 2. The van der Waals surface area contributed by atoms with Gasteiger partial charge in [0.05, 0.1) is 17.9 Å². The molecule has 0 fully saturated rings. The molecule has 0 unspecified atom stereocenters. The first kappa shape index (κ1) is 21.7. The molecule has 0 spiro atoms. The minimum absolute atomic E-state index is 0.325. The summed E-state index contributed by atoms with van der Waals surface area (Å²) in [7, 11) is 2.03. The topological polar surface area (TPSA) is 55.6 Å². The van der Waals surface area contributed by atoms with E-state index in [1.165, 1.54) is 5.56 Å². The van der Waals surface area contributed by atoms with Gasteiger partial charge in [0, 0.05) is 23.4 Å². The molecule has 2 aromatic rings. The number of anilines is 1. The number of carbonyl (C=O) groups excluding carboxylic acids is 1. The molecule has 2 N–H and O–H groups in total. The molecule has 0 amide bonds. The highest BCUT2D eigenvalue weighted by atomic mass is 79.9. The standard InChI is InChI=1S/C21H26BrClN2O2/c1-25(14-16-8-4-2-5-9-16)15-18-12-17(13-19(22)20(18)24)21(26)27-11-7-3-6-10-23/h2,4-5,8-9,12-13H,3,6-7,10-11,14-15,24H2,1H3. The van der Waals surface area contributed by atoms with Crippen LogP contribution in [0, 0.1) is 0 Å². The Morgan fingerprint density at radius 1 is 1.15 bits per heavy atom. The van der Waals surface area contributed by atoms with E-state index in [2.05, 4.69) is 33.0 Å². The first-order chi connectivity index (χ1) is 13.0. The molecule has 0 aliphatic heterocycles. The van der Waals surface area contributed by atoms with Crippen LogP contribution in [0.15, 0.2) is 46.9 Å². The Bertz CT molecular complexity index is 740. The van der Waals surface area contributed by atoms with E-state index in [1.807, 2.05) is 31.3 Å². The molecule has 0 heterocycles. The lowest BCUT2D eigenvalue weighted by Crippen LogP contribution is -2.19. The van der Waals surface area contributed by atoms with E-state index in [0.29, 0.717) is 34.8 Å². The zero-order chi connectivity index (χ0) is 19.6. The Hall–Kier alpha value is -1.56. The maximum absolute atomic E-state index is 12.3. The van der Waals surface area contributed by atoms with Gasteiger partial charge >= 0.3 is 5.97 Å². The fourth-order valence-electron chi connectivity index (χ4n) is 2.79. The zero-order valence-corrected chi connectivity index (χ0v) is 17.9. The van der Waals surface area contributed by atoms with Crippen LogP contribution in [0.5, 0.6) is 0 Å². The molecule has 27 heavy (non-hydrogen) atoms. The summed E-state index contributed by atoms with van der Waals surface area (Å²) in [5.74, 6) is 0.312. The van der Waals surface area contributed by atoms with Crippen LogP contribution in [-0.2, 0) is 17.8 Å². The molecule has 146 valence electrons. The van der Waals surface area contributed by atoms with Crippen molar-refractivity contribution in [3.05, 3.63) is 63.6 Å². The number of rotatable bonds is 10. The van der Waals surface area contributed by atoms with E-state index in [-0.39, 0.29) is 5.97 Å². The molecule has 0 aromatic heterocycles. The second kappa shape index (κ2) is 11.3. The number of esters is 1. The minimum Gasteiger partial charge on any atom is -0.462 e. The van der Waals surface area contributed by atoms with E-state index in [1.54, 1.807) is 6.07 Å². The number of unbranched alkanes of at least 4 members (excludes halogenated alkanes) is 2. The predicted molar refractivity (Wildman–Crippen MR) is 115 cm³/mol. The number of hydrogen-bond donors (Lipinski definition) is 1. The smallest absolute Gasteiger partial charge is 0.338 e. The molecule has 0 atom stereocenters. The van der Waals surface area contributed by atoms with Crippen LogP contribution in [0.2, 0.25) is 0 Å². The first-order valence-electron chi connectivity index (χ1n) is 9.04. The van der Waals surface area contributed by atoms with Gasteiger partial charge in [-0.05, 0) is 65.5 Å². The molecular formula is C21H26BrClN2O2. The summed E-state index contributed by atoms with van der Waals surface area (Å²) in [5, 5.41) is 0. The highest BCUT2D eigenvalue weighted by Gasteiger charge is 2.14. The lowest BCUT2D eigenvalue weighted by atomic mass is 10.1. The SMILES string of the molecule is CN(Cc1ccccc1)Cc1cc(C(=O)OCCCCCCl)cc(Br)c1N. The largest absolute Gasteiger partial charge is 0.462 e. The van der Waals surface area contributed by atoms with Gasteiger partial charge in [-0.2, -0.15) is 0 Å². The van der Waals surface area contributed by atoms with Crippen LogP contribution in [-0.4, -0.2) is 30.4 Å². The number of carbonyl (C=O) groups is 1. The average Bonchev–Trinajstić information content (AvgIpc) is 2.65. The number of nitrogen functional groups attached to an aromatic ring is 1. The molecule has 0 bridgehead atoms. The quantitative estimate of drug-likeness (QED) is 0.232. The van der Waals surface area contributed by atoms with Crippen LogP contribution < -0.4 is 5.73 Å². The third-order valence-corrected chi connectivity index (χ3v) is 5.12. The van der Waals surface area contributed by atoms with Crippen molar-refractivity contribution in [2.45, 2.75) is 32.4 Å². The van der Waals surface area contributed by atoms with Gasteiger partial charge in [0.15, 0.2) is 0 Å². The number of ether oxygens (including phenoxy) is 1. The van der Waals surface area contributed by atoms with Crippen LogP contribution in [0.4, 0.5) is 5.69 Å². The molecule has 2 aromatic carbocycles. The predicted octanol–water partition coefficient (Wildman–Crippen LogP) is 5.23. The number of benzene rings is 2. The van der Waals surface area contributed by atoms with Gasteiger partial charge in [-0.3, -0.25) is 4.90 Å². The highest BCUT2D eigenvalue weighted by molar-refractivity contribution is 9.10. The van der Waals surface area contributed by atoms with Crippen LogP contribution in [0.3, 0.4) is 0 Å². The fraction of sp³-hybridized carbons (Fsp3) is 0.381. The normalized spacial score (nSPS) is 11.0. The number of hydrogen-bond acceptors (Lipinski definition) is 4.